The Morgan fingerprint density at radius 3 is 2.96 bits per heavy atom. The van der Waals surface area contributed by atoms with E-state index in [1.54, 1.807) is 16.7 Å². The van der Waals surface area contributed by atoms with Crippen molar-refractivity contribution in [2.75, 3.05) is 13.1 Å². The van der Waals surface area contributed by atoms with Crippen LogP contribution in [0.4, 0.5) is 4.39 Å². The number of benzene rings is 1. The van der Waals surface area contributed by atoms with Crippen LogP contribution in [0, 0.1) is 12.7 Å². The Hall–Kier alpha value is -3.22. The number of rotatable bonds is 2. The van der Waals surface area contributed by atoms with E-state index in [-0.39, 0.29) is 17.5 Å². The van der Waals surface area contributed by atoms with Gasteiger partial charge in [0.1, 0.15) is 23.2 Å². The zero-order valence-corrected chi connectivity index (χ0v) is 14.1. The van der Waals surface area contributed by atoms with Gasteiger partial charge in [-0.3, -0.25) is 9.59 Å². The second kappa shape index (κ2) is 6.25. The van der Waals surface area contributed by atoms with E-state index in [2.05, 4.69) is 10.3 Å². The molecule has 1 aliphatic rings. The van der Waals surface area contributed by atoms with Crippen LogP contribution in [0.15, 0.2) is 48.8 Å². The molecule has 2 amide bonds. The van der Waals surface area contributed by atoms with Gasteiger partial charge in [-0.05, 0) is 42.3 Å². The minimum atomic E-state index is -0.876. The van der Waals surface area contributed by atoms with Crippen molar-refractivity contribution in [1.82, 2.24) is 19.6 Å². The summed E-state index contributed by atoms with van der Waals surface area (Å²) in [6.45, 7) is 2.63. The van der Waals surface area contributed by atoms with Gasteiger partial charge in [-0.15, -0.1) is 0 Å². The monoisotopic (exact) mass is 352 g/mol. The lowest BCUT2D eigenvalue weighted by Gasteiger charge is -2.34. The van der Waals surface area contributed by atoms with Crippen molar-refractivity contribution >= 4 is 17.5 Å². The first-order valence-corrected chi connectivity index (χ1v) is 8.32. The van der Waals surface area contributed by atoms with E-state index in [0.717, 1.165) is 5.56 Å². The average Bonchev–Trinajstić information content (AvgIpc) is 3.04. The van der Waals surface area contributed by atoms with Gasteiger partial charge < -0.3 is 14.6 Å². The van der Waals surface area contributed by atoms with Crippen LogP contribution in [0.5, 0.6) is 0 Å². The summed E-state index contributed by atoms with van der Waals surface area (Å²) in [5.41, 5.74) is 2.40. The Bertz CT molecular complexity index is 1010. The van der Waals surface area contributed by atoms with Gasteiger partial charge >= 0.3 is 0 Å². The number of carbonyl (C=O) groups excluding carboxylic acids is 2. The number of aromatic nitrogens is 2. The van der Waals surface area contributed by atoms with E-state index in [1.807, 2.05) is 25.3 Å². The Kier molecular flexibility index (Phi) is 3.91. The molecule has 0 spiro atoms. The third-order valence-electron chi connectivity index (χ3n) is 4.47. The van der Waals surface area contributed by atoms with Crippen molar-refractivity contribution in [2.45, 2.75) is 13.0 Å². The van der Waals surface area contributed by atoms with Crippen molar-refractivity contribution in [2.24, 2.45) is 0 Å². The van der Waals surface area contributed by atoms with E-state index in [9.17, 15) is 14.0 Å². The molecule has 6 nitrogen and oxygen atoms in total. The summed E-state index contributed by atoms with van der Waals surface area (Å²) < 4.78 is 15.4. The number of pyridine rings is 1. The number of nitrogens with zero attached hydrogens (tertiary/aromatic N) is 3. The van der Waals surface area contributed by atoms with Crippen LogP contribution < -0.4 is 5.32 Å². The molecule has 1 aliphatic heterocycles. The number of carbonyl (C=O) groups is 2. The van der Waals surface area contributed by atoms with Gasteiger partial charge in [-0.25, -0.2) is 9.37 Å². The first kappa shape index (κ1) is 16.3. The highest BCUT2D eigenvalue weighted by Crippen LogP contribution is 2.25. The van der Waals surface area contributed by atoms with Crippen LogP contribution in [-0.4, -0.2) is 39.2 Å². The van der Waals surface area contributed by atoms with Crippen LogP contribution in [0.3, 0.4) is 0 Å². The fourth-order valence-corrected chi connectivity index (χ4v) is 3.23. The first-order valence-electron chi connectivity index (χ1n) is 8.32. The summed E-state index contributed by atoms with van der Waals surface area (Å²) in [6.07, 6.45) is 3.48. The van der Waals surface area contributed by atoms with E-state index >= 15 is 0 Å². The molecule has 132 valence electrons. The number of aryl methyl sites for hydroxylation is 1. The lowest BCUT2D eigenvalue weighted by molar-refractivity contribution is -0.128. The number of nitrogens with one attached hydrogen (secondary N) is 1. The third-order valence-corrected chi connectivity index (χ3v) is 4.47. The molecule has 7 heteroatoms. The summed E-state index contributed by atoms with van der Waals surface area (Å²) >= 11 is 0. The smallest absolute Gasteiger partial charge is 0.275 e. The fraction of sp³-hybridized carbons (Fsp3) is 0.211. The normalized spacial score (nSPS) is 17.4. The highest BCUT2D eigenvalue weighted by Gasteiger charge is 2.35. The van der Waals surface area contributed by atoms with Crippen LogP contribution in [0.2, 0.25) is 0 Å². The highest BCUT2D eigenvalue weighted by atomic mass is 19.1. The van der Waals surface area contributed by atoms with E-state index in [0.29, 0.717) is 24.3 Å². The molecule has 0 saturated carbocycles. The lowest BCUT2D eigenvalue weighted by Crippen LogP contribution is -2.52. The Morgan fingerprint density at radius 1 is 1.31 bits per heavy atom. The summed E-state index contributed by atoms with van der Waals surface area (Å²) in [5.74, 6) is -1.12. The molecule has 4 rings (SSSR count). The summed E-state index contributed by atoms with van der Waals surface area (Å²) in [7, 11) is 0. The van der Waals surface area contributed by atoms with Crippen LogP contribution in [0.1, 0.15) is 27.7 Å². The lowest BCUT2D eigenvalue weighted by atomic mass is 10.0. The zero-order chi connectivity index (χ0) is 18.3. The maximum absolute atomic E-state index is 13.6. The zero-order valence-electron chi connectivity index (χ0n) is 14.1. The summed E-state index contributed by atoms with van der Waals surface area (Å²) in [6, 6.07) is 8.69. The maximum atomic E-state index is 13.6. The third kappa shape index (κ3) is 2.81. The molecule has 1 atom stereocenters. The molecule has 0 radical (unpaired) electrons. The molecule has 1 fully saturated rings. The molecule has 3 aromatic rings. The quantitative estimate of drug-likeness (QED) is 0.768. The molecule has 0 bridgehead atoms. The Labute approximate surface area is 149 Å². The second-order valence-electron chi connectivity index (χ2n) is 6.34. The molecule has 1 N–H and O–H groups in total. The molecule has 0 aliphatic carbocycles. The van der Waals surface area contributed by atoms with Crippen molar-refractivity contribution in [3.63, 3.8) is 0 Å². The average molecular weight is 352 g/mol. The van der Waals surface area contributed by atoms with Gasteiger partial charge in [-0.2, -0.15) is 0 Å². The van der Waals surface area contributed by atoms with E-state index in [4.69, 9.17) is 0 Å². The second-order valence-corrected chi connectivity index (χ2v) is 6.34. The predicted octanol–water partition coefficient (Wildman–Crippen LogP) is 2.10. The minimum Gasteiger partial charge on any atom is -0.352 e. The maximum Gasteiger partial charge on any atom is 0.275 e. The number of hydrogen-bond acceptors (Lipinski definition) is 3. The first-order chi connectivity index (χ1) is 12.5. The van der Waals surface area contributed by atoms with Crippen LogP contribution >= 0.6 is 0 Å². The van der Waals surface area contributed by atoms with Crippen molar-refractivity contribution in [3.8, 4) is 0 Å². The molecular weight excluding hydrogens is 335 g/mol. The molecular formula is C19H17FN4O2. The molecule has 0 unspecified atom stereocenters. The van der Waals surface area contributed by atoms with E-state index < -0.39 is 11.9 Å². The molecule has 2 aromatic heterocycles. The number of imidazole rings is 1. The standard InChI is InChI=1S/C19H17FN4O2/c1-12-5-7-23-11-15(22-16(23)9-12)19(26)24-8-6-21-18(25)17(24)13-3-2-4-14(20)10-13/h2-5,7,9-11,17H,6,8H2,1H3,(H,21,25)/t17-/m0/s1. The van der Waals surface area contributed by atoms with Crippen molar-refractivity contribution in [3.05, 3.63) is 71.4 Å². The van der Waals surface area contributed by atoms with Gasteiger partial charge in [-0.1, -0.05) is 12.1 Å². The Balaban J connectivity index is 1.72. The predicted molar refractivity (Wildman–Crippen MR) is 93.1 cm³/mol. The van der Waals surface area contributed by atoms with E-state index in [1.165, 1.54) is 23.1 Å². The highest BCUT2D eigenvalue weighted by molar-refractivity contribution is 5.97. The number of hydrogen-bond donors (Lipinski definition) is 1. The molecule has 1 aromatic carbocycles. The number of piperazine rings is 1. The SMILES string of the molecule is Cc1ccn2cc(C(=O)N3CCNC(=O)[C@@H]3c3cccc(F)c3)nc2c1. The molecule has 1 saturated heterocycles. The minimum absolute atomic E-state index is 0.256. The topological polar surface area (TPSA) is 66.7 Å². The van der Waals surface area contributed by atoms with Gasteiger partial charge in [0.25, 0.3) is 5.91 Å². The van der Waals surface area contributed by atoms with Crippen LogP contribution in [-0.2, 0) is 4.79 Å². The number of halogens is 1. The number of amides is 2. The largest absolute Gasteiger partial charge is 0.352 e. The van der Waals surface area contributed by atoms with Gasteiger partial charge in [0, 0.05) is 25.5 Å². The number of fused-ring (bicyclic) bond motifs is 1. The van der Waals surface area contributed by atoms with Gasteiger partial charge in [0.15, 0.2) is 0 Å². The van der Waals surface area contributed by atoms with Gasteiger partial charge in [0.2, 0.25) is 5.91 Å². The summed E-state index contributed by atoms with van der Waals surface area (Å²) in [4.78, 5) is 31.3. The summed E-state index contributed by atoms with van der Waals surface area (Å²) in [5, 5.41) is 2.74. The van der Waals surface area contributed by atoms with Crippen molar-refractivity contribution < 1.29 is 14.0 Å². The fourth-order valence-electron chi connectivity index (χ4n) is 3.23. The van der Waals surface area contributed by atoms with Gasteiger partial charge in [0.05, 0.1) is 0 Å². The van der Waals surface area contributed by atoms with Crippen molar-refractivity contribution in [1.29, 1.82) is 0 Å². The Morgan fingerprint density at radius 2 is 2.15 bits per heavy atom. The van der Waals surface area contributed by atoms with Crippen LogP contribution in [0.25, 0.3) is 5.65 Å². The molecule has 26 heavy (non-hydrogen) atoms. The molecule has 3 heterocycles.